The van der Waals surface area contributed by atoms with Gasteiger partial charge in [-0.2, -0.15) is 0 Å². The monoisotopic (exact) mass is 250 g/mol. The Morgan fingerprint density at radius 3 is 2.94 bits per heavy atom. The molecule has 2 rings (SSSR count). The summed E-state index contributed by atoms with van der Waals surface area (Å²) in [5.41, 5.74) is 5.26. The van der Waals surface area contributed by atoms with Crippen LogP contribution >= 0.6 is 0 Å². The van der Waals surface area contributed by atoms with E-state index in [0.717, 1.165) is 26.0 Å². The van der Waals surface area contributed by atoms with Crippen LogP contribution in [-0.4, -0.2) is 35.4 Å². The number of amides is 1. The number of anilines is 1. The van der Waals surface area contributed by atoms with Crippen molar-refractivity contribution in [3.8, 4) is 0 Å². The van der Waals surface area contributed by atoms with Crippen LogP contribution in [-0.2, 0) is 4.74 Å². The van der Waals surface area contributed by atoms with Gasteiger partial charge in [-0.15, -0.1) is 10.2 Å². The van der Waals surface area contributed by atoms with Crippen LogP contribution in [0, 0.1) is 0 Å². The van der Waals surface area contributed by atoms with E-state index in [1.54, 1.807) is 12.1 Å². The first kappa shape index (κ1) is 12.8. The molecule has 1 aromatic rings. The lowest BCUT2D eigenvalue weighted by Gasteiger charge is -2.22. The molecule has 0 bridgehead atoms. The van der Waals surface area contributed by atoms with Crippen molar-refractivity contribution in [2.75, 3.05) is 18.5 Å². The van der Waals surface area contributed by atoms with E-state index in [0.29, 0.717) is 11.9 Å². The molecule has 0 spiro atoms. The van der Waals surface area contributed by atoms with Crippen molar-refractivity contribution in [2.24, 2.45) is 5.73 Å². The van der Waals surface area contributed by atoms with Gasteiger partial charge in [0.25, 0.3) is 5.91 Å². The van der Waals surface area contributed by atoms with Crippen molar-refractivity contribution in [1.29, 1.82) is 0 Å². The highest BCUT2D eigenvalue weighted by atomic mass is 16.5. The summed E-state index contributed by atoms with van der Waals surface area (Å²) in [5.74, 6) is 0.0838. The Kier molecular flexibility index (Phi) is 4.46. The minimum absolute atomic E-state index is 0.177. The smallest absolute Gasteiger partial charge is 0.269 e. The Morgan fingerprint density at radius 2 is 2.33 bits per heavy atom. The lowest BCUT2D eigenvalue weighted by atomic mass is 10.1. The molecule has 3 N–H and O–H groups in total. The summed E-state index contributed by atoms with van der Waals surface area (Å²) in [6.45, 7) is 1.66. The molecule has 6 heteroatoms. The molecule has 0 aliphatic carbocycles. The highest BCUT2D eigenvalue weighted by molar-refractivity contribution is 5.90. The molecule has 0 radical (unpaired) electrons. The van der Waals surface area contributed by atoms with Gasteiger partial charge >= 0.3 is 0 Å². The minimum atomic E-state index is -0.565. The molecule has 1 saturated heterocycles. The fraction of sp³-hybridized carbons (Fsp3) is 0.583. The summed E-state index contributed by atoms with van der Waals surface area (Å²) < 4.78 is 5.63. The molecule has 0 aromatic carbocycles. The van der Waals surface area contributed by atoms with E-state index in [4.69, 9.17) is 10.5 Å². The van der Waals surface area contributed by atoms with Crippen molar-refractivity contribution >= 4 is 11.7 Å². The summed E-state index contributed by atoms with van der Waals surface area (Å²) in [7, 11) is 0. The lowest BCUT2D eigenvalue weighted by Crippen LogP contribution is -2.22. The van der Waals surface area contributed by atoms with Crippen LogP contribution in [0.3, 0.4) is 0 Å². The first-order valence-corrected chi connectivity index (χ1v) is 6.25. The highest BCUT2D eigenvalue weighted by Gasteiger charge is 2.13. The van der Waals surface area contributed by atoms with Crippen LogP contribution in [0.4, 0.5) is 5.82 Å². The van der Waals surface area contributed by atoms with Gasteiger partial charge in [0, 0.05) is 13.2 Å². The zero-order valence-corrected chi connectivity index (χ0v) is 10.3. The number of rotatable bonds is 5. The van der Waals surface area contributed by atoms with E-state index < -0.39 is 5.91 Å². The summed E-state index contributed by atoms with van der Waals surface area (Å²) in [6.07, 6.45) is 4.86. The van der Waals surface area contributed by atoms with Crippen LogP contribution in [0.1, 0.15) is 36.2 Å². The summed E-state index contributed by atoms with van der Waals surface area (Å²) >= 11 is 0. The van der Waals surface area contributed by atoms with Crippen LogP contribution in [0.15, 0.2) is 12.1 Å². The number of hydrogen-bond donors (Lipinski definition) is 2. The summed E-state index contributed by atoms with van der Waals surface area (Å²) in [4.78, 5) is 10.8. The molecule has 98 valence electrons. The van der Waals surface area contributed by atoms with E-state index in [9.17, 15) is 4.79 Å². The molecular formula is C12H18N4O2. The Labute approximate surface area is 106 Å². The molecule has 18 heavy (non-hydrogen) atoms. The largest absolute Gasteiger partial charge is 0.378 e. The molecule has 0 saturated carbocycles. The molecule has 1 atom stereocenters. The van der Waals surface area contributed by atoms with Gasteiger partial charge in [0.05, 0.1) is 6.10 Å². The molecular weight excluding hydrogens is 232 g/mol. The molecule has 1 amide bonds. The lowest BCUT2D eigenvalue weighted by molar-refractivity contribution is 0.0134. The number of carbonyl (C=O) groups excluding carboxylic acids is 1. The first-order valence-electron chi connectivity index (χ1n) is 6.25. The fourth-order valence-electron chi connectivity index (χ4n) is 1.95. The van der Waals surface area contributed by atoms with Crippen LogP contribution in [0.2, 0.25) is 0 Å². The zero-order valence-electron chi connectivity index (χ0n) is 10.3. The average molecular weight is 250 g/mol. The number of aromatic nitrogens is 2. The van der Waals surface area contributed by atoms with Crippen molar-refractivity contribution in [3.05, 3.63) is 17.8 Å². The van der Waals surface area contributed by atoms with Crippen molar-refractivity contribution < 1.29 is 9.53 Å². The predicted octanol–water partition coefficient (Wildman–Crippen LogP) is 0.947. The predicted molar refractivity (Wildman–Crippen MR) is 67.2 cm³/mol. The van der Waals surface area contributed by atoms with Crippen molar-refractivity contribution in [2.45, 2.75) is 31.8 Å². The van der Waals surface area contributed by atoms with Gasteiger partial charge in [0.15, 0.2) is 5.69 Å². The second kappa shape index (κ2) is 6.30. The number of nitrogens with zero attached hydrogens (tertiary/aromatic N) is 2. The zero-order chi connectivity index (χ0) is 12.8. The van der Waals surface area contributed by atoms with Crippen LogP contribution in [0.25, 0.3) is 0 Å². The Bertz CT molecular complexity index is 388. The van der Waals surface area contributed by atoms with E-state index >= 15 is 0 Å². The first-order chi connectivity index (χ1) is 8.75. The number of hydrogen-bond acceptors (Lipinski definition) is 5. The van der Waals surface area contributed by atoms with Gasteiger partial charge in [0.1, 0.15) is 5.82 Å². The molecule has 6 nitrogen and oxygen atoms in total. The number of nitrogens with one attached hydrogen (secondary N) is 1. The maximum absolute atomic E-state index is 10.8. The highest BCUT2D eigenvalue weighted by Crippen LogP contribution is 2.15. The van der Waals surface area contributed by atoms with Gasteiger partial charge in [-0.1, -0.05) is 0 Å². The van der Waals surface area contributed by atoms with E-state index in [1.165, 1.54) is 12.8 Å². The Hall–Kier alpha value is -1.69. The number of nitrogens with two attached hydrogens (primary N) is 1. The van der Waals surface area contributed by atoms with Crippen molar-refractivity contribution in [1.82, 2.24) is 10.2 Å². The Balaban J connectivity index is 1.74. The third-order valence-corrected chi connectivity index (χ3v) is 2.96. The van der Waals surface area contributed by atoms with Gasteiger partial charge in [0.2, 0.25) is 0 Å². The van der Waals surface area contributed by atoms with E-state index in [2.05, 4.69) is 15.5 Å². The van der Waals surface area contributed by atoms with Gasteiger partial charge in [-0.25, -0.2) is 0 Å². The quantitative estimate of drug-likeness (QED) is 0.812. The number of carbonyl (C=O) groups is 1. The summed E-state index contributed by atoms with van der Waals surface area (Å²) in [6, 6.07) is 3.27. The molecule has 1 aliphatic rings. The van der Waals surface area contributed by atoms with Gasteiger partial charge in [-0.3, -0.25) is 4.79 Å². The number of primary amides is 1. The SMILES string of the molecule is NC(=O)c1ccc(NCCC2CCCCO2)nn1. The normalized spacial score (nSPS) is 19.4. The molecule has 1 fully saturated rings. The van der Waals surface area contributed by atoms with E-state index in [-0.39, 0.29) is 5.69 Å². The fourth-order valence-corrected chi connectivity index (χ4v) is 1.95. The topological polar surface area (TPSA) is 90.1 Å². The third kappa shape index (κ3) is 3.66. The maximum atomic E-state index is 10.8. The number of ether oxygens (including phenoxy) is 1. The third-order valence-electron chi connectivity index (χ3n) is 2.96. The second-order valence-corrected chi connectivity index (χ2v) is 4.37. The second-order valence-electron chi connectivity index (χ2n) is 4.37. The maximum Gasteiger partial charge on any atom is 0.269 e. The van der Waals surface area contributed by atoms with Crippen LogP contribution in [0.5, 0.6) is 0 Å². The standard InChI is InChI=1S/C12H18N4O2/c13-12(17)10-4-5-11(16-15-10)14-7-6-9-3-1-2-8-18-9/h4-5,9H,1-3,6-8H2,(H2,13,17)(H,14,16). The molecule has 1 aliphatic heterocycles. The van der Waals surface area contributed by atoms with Gasteiger partial charge < -0.3 is 15.8 Å². The van der Waals surface area contributed by atoms with Crippen molar-refractivity contribution in [3.63, 3.8) is 0 Å². The van der Waals surface area contributed by atoms with E-state index in [1.807, 2.05) is 0 Å². The van der Waals surface area contributed by atoms with Crippen LogP contribution < -0.4 is 11.1 Å². The average Bonchev–Trinajstić information content (AvgIpc) is 2.40. The summed E-state index contributed by atoms with van der Waals surface area (Å²) in [5, 5.41) is 10.8. The molecule has 1 aromatic heterocycles. The molecule has 1 unspecified atom stereocenters. The Morgan fingerprint density at radius 1 is 1.44 bits per heavy atom. The minimum Gasteiger partial charge on any atom is -0.378 e. The molecule has 2 heterocycles. The van der Waals surface area contributed by atoms with Gasteiger partial charge in [-0.05, 0) is 37.8 Å².